The molecule has 0 bridgehead atoms. The Morgan fingerprint density at radius 1 is 0.941 bits per heavy atom. The smallest absolute Gasteiger partial charge is 0.217 e. The van der Waals surface area contributed by atoms with Gasteiger partial charge >= 0.3 is 11.4 Å². The topological polar surface area (TPSA) is 34.1 Å². The second-order valence-corrected chi connectivity index (χ2v) is 5.32. The average molecular weight is 274 g/mol. The SMILES string of the molecule is Cc1ccc(S(=O)(=O)C(F)(F)C(F)(F)F)cc1. The van der Waals surface area contributed by atoms with Crippen LogP contribution in [0.5, 0.6) is 0 Å². The maximum absolute atomic E-state index is 12.8. The van der Waals surface area contributed by atoms with Crippen LogP contribution in [0.1, 0.15) is 5.56 Å². The van der Waals surface area contributed by atoms with E-state index in [2.05, 4.69) is 0 Å². The predicted octanol–water partition coefficient (Wildman–Crippen LogP) is 2.92. The molecule has 1 rings (SSSR count). The quantitative estimate of drug-likeness (QED) is 0.777. The van der Waals surface area contributed by atoms with E-state index in [1.807, 2.05) is 0 Å². The van der Waals surface area contributed by atoms with Gasteiger partial charge in [0.1, 0.15) is 0 Å². The van der Waals surface area contributed by atoms with Gasteiger partial charge in [-0.2, -0.15) is 22.0 Å². The normalized spacial score (nSPS) is 13.8. The third-order valence-electron chi connectivity index (χ3n) is 2.00. The molecule has 0 aliphatic rings. The number of sulfone groups is 1. The largest absolute Gasteiger partial charge is 0.469 e. The van der Waals surface area contributed by atoms with Crippen LogP contribution in [-0.2, 0) is 9.84 Å². The van der Waals surface area contributed by atoms with Crippen LogP contribution >= 0.6 is 0 Å². The maximum Gasteiger partial charge on any atom is 0.469 e. The summed E-state index contributed by atoms with van der Waals surface area (Å²) in [6.45, 7) is 1.54. The first-order valence-electron chi connectivity index (χ1n) is 4.26. The number of benzene rings is 1. The summed E-state index contributed by atoms with van der Waals surface area (Å²) in [6, 6.07) is 3.70. The van der Waals surface area contributed by atoms with Crippen LogP contribution in [0.25, 0.3) is 0 Å². The Morgan fingerprint density at radius 2 is 1.35 bits per heavy atom. The van der Waals surface area contributed by atoms with Crippen molar-refractivity contribution in [3.05, 3.63) is 29.8 Å². The number of hydrogen-bond acceptors (Lipinski definition) is 2. The highest BCUT2D eigenvalue weighted by Gasteiger charge is 2.67. The number of hydrogen-bond donors (Lipinski definition) is 0. The fourth-order valence-corrected chi connectivity index (χ4v) is 2.11. The minimum atomic E-state index is -6.14. The molecule has 1 aromatic rings. The molecule has 0 aromatic heterocycles. The van der Waals surface area contributed by atoms with Crippen molar-refractivity contribution in [2.45, 2.75) is 23.3 Å². The Labute approximate surface area is 94.0 Å². The molecule has 0 aliphatic carbocycles. The molecule has 0 saturated heterocycles. The molecule has 8 heteroatoms. The summed E-state index contributed by atoms with van der Waals surface area (Å²) < 4.78 is 83.7. The van der Waals surface area contributed by atoms with Gasteiger partial charge in [0.25, 0.3) is 9.84 Å². The van der Waals surface area contributed by atoms with Crippen LogP contribution in [0.3, 0.4) is 0 Å². The van der Waals surface area contributed by atoms with Gasteiger partial charge in [-0.05, 0) is 19.1 Å². The molecule has 0 saturated carbocycles. The first kappa shape index (κ1) is 13.9. The average Bonchev–Trinajstić information content (AvgIpc) is 2.16. The van der Waals surface area contributed by atoms with E-state index in [0.29, 0.717) is 17.7 Å². The zero-order valence-electron chi connectivity index (χ0n) is 8.42. The lowest BCUT2D eigenvalue weighted by molar-refractivity contribution is -0.241. The maximum atomic E-state index is 12.8. The Morgan fingerprint density at radius 3 is 1.71 bits per heavy atom. The zero-order valence-corrected chi connectivity index (χ0v) is 9.24. The van der Waals surface area contributed by atoms with Gasteiger partial charge in [-0.3, -0.25) is 0 Å². The highest BCUT2D eigenvalue weighted by Crippen LogP contribution is 2.42. The molecule has 96 valence electrons. The highest BCUT2D eigenvalue weighted by atomic mass is 32.2. The zero-order chi connectivity index (χ0) is 13.5. The van der Waals surface area contributed by atoms with Crippen LogP contribution in [0.15, 0.2) is 29.2 Å². The van der Waals surface area contributed by atoms with Gasteiger partial charge in [-0.15, -0.1) is 0 Å². The van der Waals surface area contributed by atoms with Crippen molar-refractivity contribution in [3.63, 3.8) is 0 Å². The Bertz CT molecular complexity index is 501. The lowest BCUT2D eigenvalue weighted by atomic mass is 10.2. The molecule has 0 atom stereocenters. The summed E-state index contributed by atoms with van der Waals surface area (Å²) in [7, 11) is -5.77. The summed E-state index contributed by atoms with van der Waals surface area (Å²) in [4.78, 5) is -1.06. The summed E-state index contributed by atoms with van der Waals surface area (Å²) in [5, 5.41) is -5.80. The lowest BCUT2D eigenvalue weighted by Gasteiger charge is -2.19. The Balaban J connectivity index is 3.35. The molecule has 0 fully saturated rings. The van der Waals surface area contributed by atoms with E-state index >= 15 is 0 Å². The molecule has 0 N–H and O–H groups in total. The Kier molecular flexibility index (Phi) is 3.21. The second-order valence-electron chi connectivity index (χ2n) is 3.33. The van der Waals surface area contributed by atoms with Gasteiger partial charge in [-0.25, -0.2) is 8.42 Å². The minimum Gasteiger partial charge on any atom is -0.217 e. The van der Waals surface area contributed by atoms with Crippen LogP contribution in [0, 0.1) is 6.92 Å². The molecular formula is C9H7F5O2S. The summed E-state index contributed by atoms with van der Waals surface area (Å²) in [6.07, 6.45) is -6.14. The molecule has 2 nitrogen and oxygen atoms in total. The number of aryl methyl sites for hydroxylation is 1. The molecule has 0 aliphatic heterocycles. The molecule has 0 unspecified atom stereocenters. The van der Waals surface area contributed by atoms with Crippen LogP contribution < -0.4 is 0 Å². The van der Waals surface area contributed by atoms with Crippen molar-refractivity contribution in [3.8, 4) is 0 Å². The number of rotatable bonds is 2. The summed E-state index contributed by atoms with van der Waals surface area (Å²) in [5.74, 6) is 0. The third-order valence-corrected chi connectivity index (χ3v) is 3.80. The van der Waals surface area contributed by atoms with E-state index in [1.54, 1.807) is 0 Å². The fourth-order valence-electron chi connectivity index (χ4n) is 1.02. The first-order valence-corrected chi connectivity index (χ1v) is 5.74. The molecule has 0 amide bonds. The number of halogens is 5. The molecule has 17 heavy (non-hydrogen) atoms. The van der Waals surface area contributed by atoms with E-state index in [9.17, 15) is 30.4 Å². The summed E-state index contributed by atoms with van der Waals surface area (Å²) in [5.41, 5.74) is 0.541. The molecule has 0 radical (unpaired) electrons. The predicted molar refractivity (Wildman–Crippen MR) is 49.4 cm³/mol. The van der Waals surface area contributed by atoms with Gasteiger partial charge in [-0.1, -0.05) is 17.7 Å². The van der Waals surface area contributed by atoms with E-state index in [0.717, 1.165) is 12.1 Å². The first-order chi connectivity index (χ1) is 7.50. The highest BCUT2D eigenvalue weighted by molar-refractivity contribution is 7.92. The van der Waals surface area contributed by atoms with Crippen LogP contribution in [0.4, 0.5) is 22.0 Å². The summed E-state index contributed by atoms with van der Waals surface area (Å²) >= 11 is 0. The van der Waals surface area contributed by atoms with Crippen molar-refractivity contribution in [2.75, 3.05) is 0 Å². The van der Waals surface area contributed by atoms with Crippen molar-refractivity contribution in [2.24, 2.45) is 0 Å². The van der Waals surface area contributed by atoms with Gasteiger partial charge in [0.05, 0.1) is 4.90 Å². The van der Waals surface area contributed by atoms with Gasteiger partial charge in [0.2, 0.25) is 0 Å². The van der Waals surface area contributed by atoms with E-state index in [4.69, 9.17) is 0 Å². The second kappa shape index (κ2) is 3.94. The van der Waals surface area contributed by atoms with Crippen molar-refractivity contribution >= 4 is 9.84 Å². The van der Waals surface area contributed by atoms with Crippen LogP contribution in [0.2, 0.25) is 0 Å². The molecule has 0 heterocycles. The van der Waals surface area contributed by atoms with E-state index in [-0.39, 0.29) is 0 Å². The minimum absolute atomic E-state index is 0.541. The van der Waals surface area contributed by atoms with Gasteiger partial charge in [0, 0.05) is 0 Å². The Hall–Kier alpha value is -1.18. The van der Waals surface area contributed by atoms with Crippen molar-refractivity contribution in [1.82, 2.24) is 0 Å². The van der Waals surface area contributed by atoms with E-state index < -0.39 is 26.2 Å². The third kappa shape index (κ3) is 2.26. The standard InChI is InChI=1S/C9H7F5O2S/c1-6-2-4-7(5-3-6)17(15,16)9(13,14)8(10,11)12/h2-5H,1H3. The van der Waals surface area contributed by atoms with Gasteiger partial charge in [0.15, 0.2) is 0 Å². The molecule has 0 spiro atoms. The van der Waals surface area contributed by atoms with E-state index in [1.165, 1.54) is 6.92 Å². The lowest BCUT2D eigenvalue weighted by Crippen LogP contribution is -2.43. The van der Waals surface area contributed by atoms with Gasteiger partial charge < -0.3 is 0 Å². The molecular weight excluding hydrogens is 267 g/mol. The fraction of sp³-hybridized carbons (Fsp3) is 0.333. The van der Waals surface area contributed by atoms with Crippen LogP contribution in [-0.4, -0.2) is 19.8 Å². The number of alkyl halides is 5. The molecule has 1 aromatic carbocycles. The monoisotopic (exact) mass is 274 g/mol. The van der Waals surface area contributed by atoms with Crippen molar-refractivity contribution < 1.29 is 30.4 Å². The van der Waals surface area contributed by atoms with Crippen molar-refractivity contribution in [1.29, 1.82) is 0 Å².